The van der Waals surface area contributed by atoms with Crippen LogP contribution in [0.15, 0.2) is 0 Å². The van der Waals surface area contributed by atoms with Crippen LogP contribution in [0.25, 0.3) is 0 Å². The summed E-state index contributed by atoms with van der Waals surface area (Å²) in [6.07, 6.45) is 1.50. The molecule has 0 unspecified atom stereocenters. The number of hydrogen-bond acceptors (Lipinski definition) is 3. The summed E-state index contributed by atoms with van der Waals surface area (Å²) in [7, 11) is 1.75. The van der Waals surface area contributed by atoms with Crippen LogP contribution < -0.4 is 0 Å². The molecule has 1 saturated heterocycles. The second-order valence-electron chi connectivity index (χ2n) is 7.89. The second-order valence-corrected chi connectivity index (χ2v) is 7.89. The van der Waals surface area contributed by atoms with E-state index in [0.717, 1.165) is 19.4 Å². The van der Waals surface area contributed by atoms with Crippen LogP contribution in [0.5, 0.6) is 0 Å². The van der Waals surface area contributed by atoms with E-state index < -0.39 is 5.60 Å². The van der Waals surface area contributed by atoms with E-state index in [2.05, 4.69) is 0 Å². The quantitative estimate of drug-likeness (QED) is 0.748. The third-order valence-corrected chi connectivity index (χ3v) is 3.55. The third-order valence-electron chi connectivity index (χ3n) is 3.55. The summed E-state index contributed by atoms with van der Waals surface area (Å²) in [5.74, 6) is 0.143. The van der Waals surface area contributed by atoms with E-state index in [-0.39, 0.29) is 23.5 Å². The van der Waals surface area contributed by atoms with Gasteiger partial charge in [-0.3, -0.25) is 4.79 Å². The number of ether oxygens (including phenoxy) is 1. The van der Waals surface area contributed by atoms with Gasteiger partial charge in [-0.25, -0.2) is 4.79 Å². The Morgan fingerprint density at radius 1 is 1.14 bits per heavy atom. The standard InChI is InChI=1S/C16H30N2O3/c1-15(2,3)13(19)18-10-8-9-12(11-18)17(7)14(20)21-16(4,5)6/h12H,8-11H2,1-7H3/t12-/m1/s1. The normalized spacial score (nSPS) is 20.1. The predicted molar refractivity (Wildman–Crippen MR) is 83.1 cm³/mol. The minimum Gasteiger partial charge on any atom is -0.444 e. The van der Waals surface area contributed by atoms with E-state index >= 15 is 0 Å². The molecule has 0 radical (unpaired) electrons. The molecule has 0 saturated carbocycles. The van der Waals surface area contributed by atoms with Crippen molar-refractivity contribution in [1.29, 1.82) is 0 Å². The highest BCUT2D eigenvalue weighted by atomic mass is 16.6. The summed E-state index contributed by atoms with van der Waals surface area (Å²) in [5.41, 5.74) is -0.882. The van der Waals surface area contributed by atoms with E-state index in [1.165, 1.54) is 0 Å². The molecule has 5 heteroatoms. The number of piperidine rings is 1. The van der Waals surface area contributed by atoms with Gasteiger partial charge < -0.3 is 14.5 Å². The summed E-state index contributed by atoms with van der Waals surface area (Å²) in [5, 5.41) is 0. The highest BCUT2D eigenvalue weighted by molar-refractivity contribution is 5.81. The first-order chi connectivity index (χ1) is 9.42. The molecule has 1 fully saturated rings. The molecule has 0 bridgehead atoms. The average molecular weight is 298 g/mol. The maximum atomic E-state index is 12.4. The maximum absolute atomic E-state index is 12.4. The maximum Gasteiger partial charge on any atom is 0.410 e. The first-order valence-corrected chi connectivity index (χ1v) is 7.67. The van der Waals surface area contributed by atoms with Gasteiger partial charge in [-0.05, 0) is 33.6 Å². The van der Waals surface area contributed by atoms with Gasteiger partial charge in [-0.15, -0.1) is 0 Å². The highest BCUT2D eigenvalue weighted by Gasteiger charge is 2.34. The van der Waals surface area contributed by atoms with Crippen molar-refractivity contribution in [2.45, 2.75) is 66.0 Å². The van der Waals surface area contributed by atoms with Crippen LogP contribution in [0, 0.1) is 5.41 Å². The number of likely N-dealkylation sites (tertiary alicyclic amines) is 1. The Bertz CT molecular complexity index is 393. The Balaban J connectivity index is 2.68. The van der Waals surface area contributed by atoms with Gasteiger partial charge in [-0.1, -0.05) is 20.8 Å². The number of rotatable bonds is 1. The van der Waals surface area contributed by atoms with E-state index in [1.807, 2.05) is 46.4 Å². The van der Waals surface area contributed by atoms with Gasteiger partial charge in [-0.2, -0.15) is 0 Å². The number of amides is 2. The van der Waals surface area contributed by atoms with E-state index in [4.69, 9.17) is 4.74 Å². The lowest BCUT2D eigenvalue weighted by Crippen LogP contribution is -2.53. The van der Waals surface area contributed by atoms with Gasteiger partial charge in [0.15, 0.2) is 0 Å². The molecule has 0 aromatic carbocycles. The summed E-state index contributed by atoms with van der Waals surface area (Å²) in [4.78, 5) is 28.0. The monoisotopic (exact) mass is 298 g/mol. The molecule has 1 aliphatic heterocycles. The Morgan fingerprint density at radius 2 is 1.71 bits per heavy atom. The Labute approximate surface area is 128 Å². The molecular weight excluding hydrogens is 268 g/mol. The molecule has 1 heterocycles. The average Bonchev–Trinajstić information content (AvgIpc) is 2.34. The molecule has 0 aliphatic carbocycles. The van der Waals surface area contributed by atoms with Gasteiger partial charge in [0.1, 0.15) is 5.60 Å². The molecule has 5 nitrogen and oxygen atoms in total. The van der Waals surface area contributed by atoms with Crippen LogP contribution in [0.4, 0.5) is 4.79 Å². The fourth-order valence-corrected chi connectivity index (χ4v) is 2.41. The fraction of sp³-hybridized carbons (Fsp3) is 0.875. The van der Waals surface area contributed by atoms with Crippen molar-refractivity contribution in [2.75, 3.05) is 20.1 Å². The van der Waals surface area contributed by atoms with Crippen LogP contribution in [0.1, 0.15) is 54.4 Å². The van der Waals surface area contributed by atoms with Crippen molar-refractivity contribution in [3.63, 3.8) is 0 Å². The molecule has 1 rings (SSSR count). The predicted octanol–water partition coefficient (Wildman–Crippen LogP) is 2.89. The van der Waals surface area contributed by atoms with Gasteiger partial charge in [0, 0.05) is 25.6 Å². The van der Waals surface area contributed by atoms with Crippen molar-refractivity contribution in [2.24, 2.45) is 5.41 Å². The lowest BCUT2D eigenvalue weighted by molar-refractivity contribution is -0.141. The molecule has 2 amide bonds. The van der Waals surface area contributed by atoms with Crippen LogP contribution >= 0.6 is 0 Å². The van der Waals surface area contributed by atoms with Crippen molar-refractivity contribution < 1.29 is 14.3 Å². The number of carbonyl (C=O) groups excluding carboxylic acids is 2. The number of likely N-dealkylation sites (N-methyl/N-ethyl adjacent to an activating group) is 1. The molecule has 21 heavy (non-hydrogen) atoms. The van der Waals surface area contributed by atoms with Crippen molar-refractivity contribution in [3.05, 3.63) is 0 Å². The molecule has 0 spiro atoms. The summed E-state index contributed by atoms with van der Waals surface area (Å²) >= 11 is 0. The van der Waals surface area contributed by atoms with E-state index in [1.54, 1.807) is 11.9 Å². The molecule has 122 valence electrons. The third kappa shape index (κ3) is 5.21. The minimum atomic E-state index is -0.499. The number of hydrogen-bond donors (Lipinski definition) is 0. The summed E-state index contributed by atoms with van der Waals surface area (Å²) in [6.45, 7) is 12.7. The summed E-state index contributed by atoms with van der Waals surface area (Å²) < 4.78 is 5.40. The van der Waals surface area contributed by atoms with Crippen molar-refractivity contribution >= 4 is 12.0 Å². The highest BCUT2D eigenvalue weighted by Crippen LogP contribution is 2.23. The largest absolute Gasteiger partial charge is 0.444 e. The van der Waals surface area contributed by atoms with Crippen LogP contribution in [0.3, 0.4) is 0 Å². The van der Waals surface area contributed by atoms with Gasteiger partial charge in [0.2, 0.25) is 5.91 Å². The van der Waals surface area contributed by atoms with Gasteiger partial charge in [0.05, 0.1) is 6.04 Å². The molecule has 0 aromatic heterocycles. The molecule has 0 N–H and O–H groups in total. The zero-order valence-electron chi connectivity index (χ0n) is 14.5. The first-order valence-electron chi connectivity index (χ1n) is 7.67. The van der Waals surface area contributed by atoms with Crippen LogP contribution in [-0.2, 0) is 9.53 Å². The zero-order valence-corrected chi connectivity index (χ0v) is 14.5. The summed E-state index contributed by atoms with van der Waals surface area (Å²) in [6, 6.07) is 0.0277. The molecular formula is C16H30N2O3. The molecule has 1 aliphatic rings. The second kappa shape index (κ2) is 6.24. The Kier molecular flexibility index (Phi) is 5.29. The molecule has 0 aromatic rings. The van der Waals surface area contributed by atoms with Crippen molar-refractivity contribution in [3.8, 4) is 0 Å². The number of carbonyl (C=O) groups is 2. The van der Waals surface area contributed by atoms with E-state index in [0.29, 0.717) is 6.54 Å². The van der Waals surface area contributed by atoms with Gasteiger partial charge >= 0.3 is 6.09 Å². The SMILES string of the molecule is CN(C(=O)OC(C)(C)C)[C@@H]1CCCN(C(=O)C(C)(C)C)C1. The fourth-order valence-electron chi connectivity index (χ4n) is 2.41. The number of nitrogens with zero attached hydrogens (tertiary/aromatic N) is 2. The van der Waals surface area contributed by atoms with Crippen LogP contribution in [-0.4, -0.2) is 53.6 Å². The topological polar surface area (TPSA) is 49.9 Å². The smallest absolute Gasteiger partial charge is 0.410 e. The minimum absolute atomic E-state index is 0.0277. The van der Waals surface area contributed by atoms with E-state index in [9.17, 15) is 9.59 Å². The zero-order chi connectivity index (χ0) is 16.4. The lowest BCUT2D eigenvalue weighted by atomic mass is 9.93. The first kappa shape index (κ1) is 17.8. The lowest BCUT2D eigenvalue weighted by Gasteiger charge is -2.40. The molecule has 1 atom stereocenters. The van der Waals surface area contributed by atoms with Crippen molar-refractivity contribution in [1.82, 2.24) is 9.80 Å². The Morgan fingerprint density at radius 3 is 2.19 bits per heavy atom. The Hall–Kier alpha value is -1.26. The van der Waals surface area contributed by atoms with Crippen LogP contribution in [0.2, 0.25) is 0 Å². The van der Waals surface area contributed by atoms with Gasteiger partial charge in [0.25, 0.3) is 0 Å².